The molecule has 0 aromatic heterocycles. The zero-order valence-electron chi connectivity index (χ0n) is 10.3. The standard InChI is InChI=1S/C12H13NO5S/c1-18-12(15)10-7-8-11(14)13(10)19(16,17)9-5-3-2-4-6-9/h2-6,10H,7-8H2,1H3/t10-/m0/s1. The Labute approximate surface area is 111 Å². The Morgan fingerprint density at radius 1 is 1.32 bits per heavy atom. The Balaban J connectivity index is 2.43. The zero-order valence-corrected chi connectivity index (χ0v) is 11.1. The van der Waals surface area contributed by atoms with E-state index in [4.69, 9.17) is 0 Å². The van der Waals surface area contributed by atoms with E-state index in [1.54, 1.807) is 18.2 Å². The smallest absolute Gasteiger partial charge is 0.329 e. The Morgan fingerprint density at radius 3 is 2.53 bits per heavy atom. The number of carbonyl (C=O) groups is 2. The van der Waals surface area contributed by atoms with Crippen molar-refractivity contribution in [3.8, 4) is 0 Å². The van der Waals surface area contributed by atoms with Gasteiger partial charge in [0, 0.05) is 6.42 Å². The van der Waals surface area contributed by atoms with Crippen molar-refractivity contribution < 1.29 is 22.7 Å². The molecule has 0 aliphatic carbocycles. The van der Waals surface area contributed by atoms with Crippen LogP contribution in [0.1, 0.15) is 12.8 Å². The molecule has 1 amide bonds. The number of hydrogen-bond acceptors (Lipinski definition) is 5. The molecule has 6 nitrogen and oxygen atoms in total. The maximum absolute atomic E-state index is 12.4. The second-order valence-corrected chi connectivity index (χ2v) is 5.90. The summed E-state index contributed by atoms with van der Waals surface area (Å²) in [6.45, 7) is 0. The van der Waals surface area contributed by atoms with E-state index in [2.05, 4.69) is 4.74 Å². The maximum Gasteiger partial charge on any atom is 0.329 e. The van der Waals surface area contributed by atoms with Gasteiger partial charge in [-0.15, -0.1) is 0 Å². The van der Waals surface area contributed by atoms with Gasteiger partial charge in [0.1, 0.15) is 6.04 Å². The minimum Gasteiger partial charge on any atom is -0.467 e. The van der Waals surface area contributed by atoms with E-state index in [1.165, 1.54) is 19.2 Å². The lowest BCUT2D eigenvalue weighted by Gasteiger charge is -2.22. The van der Waals surface area contributed by atoms with Crippen molar-refractivity contribution in [2.24, 2.45) is 0 Å². The number of nitrogens with zero attached hydrogens (tertiary/aromatic N) is 1. The molecule has 0 radical (unpaired) electrons. The van der Waals surface area contributed by atoms with E-state index >= 15 is 0 Å². The van der Waals surface area contributed by atoms with Gasteiger partial charge in [0.05, 0.1) is 12.0 Å². The van der Waals surface area contributed by atoms with Gasteiger partial charge in [-0.2, -0.15) is 0 Å². The maximum atomic E-state index is 12.4. The minimum absolute atomic E-state index is 0.0147. The molecule has 0 N–H and O–H groups in total. The number of hydrogen-bond donors (Lipinski definition) is 0. The predicted octanol–water partition coefficient (Wildman–Crippen LogP) is 0.539. The summed E-state index contributed by atoms with van der Waals surface area (Å²) in [6, 6.07) is 6.48. The third-order valence-corrected chi connectivity index (χ3v) is 4.78. The van der Waals surface area contributed by atoms with E-state index in [0.29, 0.717) is 4.31 Å². The molecule has 1 atom stereocenters. The van der Waals surface area contributed by atoms with E-state index in [9.17, 15) is 18.0 Å². The molecular formula is C12H13NO5S. The van der Waals surface area contributed by atoms with Gasteiger partial charge in [0.2, 0.25) is 5.91 Å². The normalized spacial score (nSPS) is 19.5. The van der Waals surface area contributed by atoms with Crippen LogP contribution in [0.15, 0.2) is 35.2 Å². The second kappa shape index (κ2) is 5.00. The fourth-order valence-electron chi connectivity index (χ4n) is 2.02. The van der Waals surface area contributed by atoms with E-state index in [1.807, 2.05) is 0 Å². The van der Waals surface area contributed by atoms with Crippen molar-refractivity contribution in [3.63, 3.8) is 0 Å². The molecule has 0 unspecified atom stereocenters. The van der Waals surface area contributed by atoms with E-state index in [-0.39, 0.29) is 17.7 Å². The highest BCUT2D eigenvalue weighted by atomic mass is 32.2. The first-order valence-electron chi connectivity index (χ1n) is 5.68. The summed E-state index contributed by atoms with van der Waals surface area (Å²) in [6.07, 6.45) is 0.170. The molecule has 0 spiro atoms. The molecule has 102 valence electrons. The number of esters is 1. The third kappa shape index (κ3) is 2.33. The van der Waals surface area contributed by atoms with Crippen LogP contribution in [0.2, 0.25) is 0 Å². The predicted molar refractivity (Wildman–Crippen MR) is 65.5 cm³/mol. The lowest BCUT2D eigenvalue weighted by atomic mass is 10.2. The first-order valence-corrected chi connectivity index (χ1v) is 7.12. The average molecular weight is 283 g/mol. The highest BCUT2D eigenvalue weighted by Gasteiger charge is 2.44. The number of rotatable bonds is 3. The van der Waals surface area contributed by atoms with Gasteiger partial charge < -0.3 is 4.74 Å². The van der Waals surface area contributed by atoms with Crippen LogP contribution >= 0.6 is 0 Å². The lowest BCUT2D eigenvalue weighted by molar-refractivity contribution is -0.146. The van der Waals surface area contributed by atoms with Crippen LogP contribution in [0.4, 0.5) is 0 Å². The van der Waals surface area contributed by atoms with Gasteiger partial charge in [-0.3, -0.25) is 4.79 Å². The van der Waals surface area contributed by atoms with Crippen LogP contribution in [0.3, 0.4) is 0 Å². The summed E-state index contributed by atoms with van der Waals surface area (Å²) in [5, 5.41) is 0. The van der Waals surface area contributed by atoms with Gasteiger partial charge in [-0.05, 0) is 18.6 Å². The summed E-state index contributed by atoms with van der Waals surface area (Å²) in [7, 11) is -2.84. The van der Waals surface area contributed by atoms with Crippen LogP contribution < -0.4 is 0 Å². The molecule has 1 heterocycles. The monoisotopic (exact) mass is 283 g/mol. The largest absolute Gasteiger partial charge is 0.467 e. The first kappa shape index (κ1) is 13.5. The van der Waals surface area contributed by atoms with Crippen LogP contribution in [-0.4, -0.2) is 37.8 Å². The van der Waals surface area contributed by atoms with Gasteiger partial charge in [0.15, 0.2) is 0 Å². The van der Waals surface area contributed by atoms with Crippen LogP contribution in [0.25, 0.3) is 0 Å². The number of methoxy groups -OCH3 is 1. The van der Waals surface area contributed by atoms with Crippen molar-refractivity contribution in [1.29, 1.82) is 0 Å². The number of carbonyl (C=O) groups excluding carboxylic acids is 2. The summed E-state index contributed by atoms with van der Waals surface area (Å²) >= 11 is 0. The molecule has 1 aromatic rings. The highest BCUT2D eigenvalue weighted by Crippen LogP contribution is 2.27. The van der Waals surface area contributed by atoms with Gasteiger partial charge in [-0.25, -0.2) is 17.5 Å². The molecule has 1 aliphatic heterocycles. The number of amides is 1. The van der Waals surface area contributed by atoms with Crippen molar-refractivity contribution in [2.75, 3.05) is 7.11 Å². The number of ether oxygens (including phenoxy) is 1. The Morgan fingerprint density at radius 2 is 1.95 bits per heavy atom. The Kier molecular flexibility index (Phi) is 3.57. The van der Waals surface area contributed by atoms with Crippen LogP contribution in [-0.2, 0) is 24.3 Å². The summed E-state index contributed by atoms with van der Waals surface area (Å²) < 4.78 is 29.9. The second-order valence-electron chi connectivity index (χ2n) is 4.09. The summed E-state index contributed by atoms with van der Waals surface area (Å²) in [5.74, 6) is -1.30. The lowest BCUT2D eigenvalue weighted by Crippen LogP contribution is -2.43. The number of benzene rings is 1. The summed E-state index contributed by atoms with van der Waals surface area (Å²) in [4.78, 5) is 23.3. The molecule has 19 heavy (non-hydrogen) atoms. The molecule has 1 aliphatic rings. The van der Waals surface area contributed by atoms with Crippen molar-refractivity contribution >= 4 is 21.9 Å². The Hall–Kier alpha value is -1.89. The van der Waals surface area contributed by atoms with Gasteiger partial charge in [0.25, 0.3) is 10.0 Å². The molecular weight excluding hydrogens is 270 g/mol. The minimum atomic E-state index is -4.01. The fraction of sp³-hybridized carbons (Fsp3) is 0.333. The molecule has 0 bridgehead atoms. The van der Waals surface area contributed by atoms with E-state index in [0.717, 1.165) is 0 Å². The van der Waals surface area contributed by atoms with Gasteiger partial charge >= 0.3 is 5.97 Å². The quantitative estimate of drug-likeness (QED) is 0.756. The molecule has 2 rings (SSSR count). The zero-order chi connectivity index (χ0) is 14.0. The fourth-order valence-corrected chi connectivity index (χ4v) is 3.63. The van der Waals surface area contributed by atoms with Crippen molar-refractivity contribution in [1.82, 2.24) is 4.31 Å². The number of sulfonamides is 1. The molecule has 0 saturated carbocycles. The SMILES string of the molecule is COC(=O)[C@@H]1CCC(=O)N1S(=O)(=O)c1ccccc1. The average Bonchev–Trinajstić information content (AvgIpc) is 2.81. The Bertz CT molecular complexity index is 596. The first-order chi connectivity index (χ1) is 8.98. The van der Waals surface area contributed by atoms with Crippen molar-refractivity contribution in [2.45, 2.75) is 23.8 Å². The molecule has 1 fully saturated rings. The molecule has 1 saturated heterocycles. The highest BCUT2D eigenvalue weighted by molar-refractivity contribution is 7.89. The van der Waals surface area contributed by atoms with Crippen LogP contribution in [0.5, 0.6) is 0 Å². The summed E-state index contributed by atoms with van der Waals surface area (Å²) in [5.41, 5.74) is 0. The van der Waals surface area contributed by atoms with Crippen molar-refractivity contribution in [3.05, 3.63) is 30.3 Å². The molecule has 1 aromatic carbocycles. The van der Waals surface area contributed by atoms with Crippen LogP contribution in [0, 0.1) is 0 Å². The third-order valence-electron chi connectivity index (χ3n) is 2.93. The van der Waals surface area contributed by atoms with Gasteiger partial charge in [-0.1, -0.05) is 18.2 Å². The van der Waals surface area contributed by atoms with E-state index < -0.39 is 27.9 Å². The topological polar surface area (TPSA) is 80.8 Å². The molecule has 7 heteroatoms.